The van der Waals surface area contributed by atoms with E-state index in [4.69, 9.17) is 10.00 Å². The van der Waals surface area contributed by atoms with E-state index in [-0.39, 0.29) is 0 Å². The highest BCUT2D eigenvalue weighted by Gasteiger charge is 2.03. The third-order valence-corrected chi connectivity index (χ3v) is 3.07. The standard InChI is InChI=1S/C16H20N4O/c1-13-10-19-20(11-13)12-14(2)18-7-8-21-16-5-3-15(9-17)4-6-16/h3-6,10-11,14,18H,7-8,12H2,1-2H3/t14-/m1/s1. The van der Waals surface area contributed by atoms with E-state index in [0.29, 0.717) is 18.2 Å². The summed E-state index contributed by atoms with van der Waals surface area (Å²) in [6, 6.07) is 9.55. The first-order valence-corrected chi connectivity index (χ1v) is 7.03. The van der Waals surface area contributed by atoms with Crippen LogP contribution in [0.4, 0.5) is 0 Å². The topological polar surface area (TPSA) is 62.9 Å². The summed E-state index contributed by atoms with van der Waals surface area (Å²) in [5, 5.41) is 16.4. The van der Waals surface area contributed by atoms with Crippen molar-refractivity contribution in [2.45, 2.75) is 26.4 Å². The number of nitrogens with one attached hydrogen (secondary N) is 1. The molecular weight excluding hydrogens is 264 g/mol. The summed E-state index contributed by atoms with van der Waals surface area (Å²) in [6.45, 7) is 6.35. The maximum atomic E-state index is 8.72. The van der Waals surface area contributed by atoms with Crippen molar-refractivity contribution in [3.8, 4) is 11.8 Å². The molecule has 0 amide bonds. The molecule has 1 aromatic heterocycles. The van der Waals surface area contributed by atoms with Gasteiger partial charge in [-0.25, -0.2) is 0 Å². The molecule has 0 radical (unpaired) electrons. The molecule has 0 saturated carbocycles. The van der Waals surface area contributed by atoms with E-state index >= 15 is 0 Å². The summed E-state index contributed by atoms with van der Waals surface area (Å²) >= 11 is 0. The van der Waals surface area contributed by atoms with Crippen molar-refractivity contribution in [2.75, 3.05) is 13.2 Å². The van der Waals surface area contributed by atoms with Gasteiger partial charge in [0.05, 0.1) is 24.4 Å². The van der Waals surface area contributed by atoms with E-state index in [1.165, 1.54) is 5.56 Å². The minimum absolute atomic E-state index is 0.328. The number of ether oxygens (including phenoxy) is 1. The Morgan fingerprint density at radius 2 is 2.14 bits per heavy atom. The number of benzene rings is 1. The van der Waals surface area contributed by atoms with Crippen molar-refractivity contribution in [1.29, 1.82) is 5.26 Å². The fourth-order valence-corrected chi connectivity index (χ4v) is 2.01. The van der Waals surface area contributed by atoms with Crippen LogP contribution in [0, 0.1) is 18.3 Å². The Hall–Kier alpha value is -2.32. The number of aryl methyl sites for hydroxylation is 1. The summed E-state index contributed by atoms with van der Waals surface area (Å²) in [6.07, 6.45) is 3.89. The number of nitriles is 1. The molecule has 1 heterocycles. The Bertz CT molecular complexity index is 597. The van der Waals surface area contributed by atoms with Crippen molar-refractivity contribution in [3.63, 3.8) is 0 Å². The van der Waals surface area contributed by atoms with Crippen molar-refractivity contribution < 1.29 is 4.74 Å². The highest BCUT2D eigenvalue weighted by Crippen LogP contribution is 2.10. The Morgan fingerprint density at radius 1 is 1.38 bits per heavy atom. The van der Waals surface area contributed by atoms with E-state index in [9.17, 15) is 0 Å². The van der Waals surface area contributed by atoms with Crippen molar-refractivity contribution in [2.24, 2.45) is 0 Å². The van der Waals surface area contributed by atoms with Crippen LogP contribution in [-0.4, -0.2) is 29.0 Å². The highest BCUT2D eigenvalue weighted by atomic mass is 16.5. The van der Waals surface area contributed by atoms with Crippen LogP contribution >= 0.6 is 0 Å². The first-order chi connectivity index (χ1) is 10.2. The first kappa shape index (κ1) is 15.1. The predicted molar refractivity (Wildman–Crippen MR) is 81.1 cm³/mol. The number of hydrogen-bond donors (Lipinski definition) is 1. The molecule has 0 aliphatic rings. The zero-order valence-electron chi connectivity index (χ0n) is 12.4. The normalized spacial score (nSPS) is 11.9. The molecule has 21 heavy (non-hydrogen) atoms. The van der Waals surface area contributed by atoms with Crippen LogP contribution < -0.4 is 10.1 Å². The van der Waals surface area contributed by atoms with E-state index in [2.05, 4.69) is 23.4 Å². The molecule has 5 heteroatoms. The van der Waals surface area contributed by atoms with Crippen LogP contribution in [0.3, 0.4) is 0 Å². The summed E-state index contributed by atoms with van der Waals surface area (Å²) in [7, 11) is 0. The van der Waals surface area contributed by atoms with E-state index < -0.39 is 0 Å². The fourth-order valence-electron chi connectivity index (χ4n) is 2.01. The molecule has 0 aliphatic heterocycles. The molecule has 0 spiro atoms. The predicted octanol–water partition coefficient (Wildman–Crippen LogP) is 2.12. The lowest BCUT2D eigenvalue weighted by molar-refractivity contribution is 0.301. The molecule has 2 aromatic rings. The summed E-state index contributed by atoms with van der Waals surface area (Å²) in [4.78, 5) is 0. The van der Waals surface area contributed by atoms with Gasteiger partial charge in [-0.3, -0.25) is 4.68 Å². The molecule has 1 atom stereocenters. The molecule has 0 bridgehead atoms. The van der Waals surface area contributed by atoms with Gasteiger partial charge in [0.2, 0.25) is 0 Å². The Morgan fingerprint density at radius 3 is 2.76 bits per heavy atom. The van der Waals surface area contributed by atoms with Gasteiger partial charge in [0, 0.05) is 18.8 Å². The van der Waals surface area contributed by atoms with Gasteiger partial charge in [-0.05, 0) is 43.7 Å². The molecule has 0 aliphatic carbocycles. The molecule has 110 valence electrons. The lowest BCUT2D eigenvalue weighted by Crippen LogP contribution is -2.33. The van der Waals surface area contributed by atoms with E-state index in [1.54, 1.807) is 12.1 Å². The second-order valence-electron chi connectivity index (χ2n) is 5.08. The van der Waals surface area contributed by atoms with Crippen LogP contribution in [0.15, 0.2) is 36.7 Å². The molecule has 2 rings (SSSR count). The molecular formula is C16H20N4O. The SMILES string of the molecule is Cc1cnn(C[C@@H](C)NCCOc2ccc(C#N)cc2)c1. The number of aromatic nitrogens is 2. The van der Waals surface area contributed by atoms with Crippen LogP contribution in [0.1, 0.15) is 18.1 Å². The molecule has 0 unspecified atom stereocenters. The second-order valence-corrected chi connectivity index (χ2v) is 5.08. The zero-order chi connectivity index (χ0) is 15.1. The van der Waals surface area contributed by atoms with Crippen LogP contribution in [0.25, 0.3) is 0 Å². The summed E-state index contributed by atoms with van der Waals surface area (Å²) in [5.74, 6) is 0.783. The molecule has 1 aromatic carbocycles. The van der Waals surface area contributed by atoms with Gasteiger partial charge < -0.3 is 10.1 Å². The number of hydrogen-bond acceptors (Lipinski definition) is 4. The van der Waals surface area contributed by atoms with Gasteiger partial charge in [-0.15, -0.1) is 0 Å². The summed E-state index contributed by atoms with van der Waals surface area (Å²) in [5.41, 5.74) is 1.81. The van der Waals surface area contributed by atoms with Gasteiger partial charge in [0.25, 0.3) is 0 Å². The minimum Gasteiger partial charge on any atom is -0.492 e. The number of nitrogens with zero attached hydrogens (tertiary/aromatic N) is 3. The molecule has 1 N–H and O–H groups in total. The van der Waals surface area contributed by atoms with E-state index in [0.717, 1.165) is 18.8 Å². The summed E-state index contributed by atoms with van der Waals surface area (Å²) < 4.78 is 7.55. The molecule has 5 nitrogen and oxygen atoms in total. The smallest absolute Gasteiger partial charge is 0.119 e. The van der Waals surface area contributed by atoms with Crippen molar-refractivity contribution in [3.05, 3.63) is 47.8 Å². The average Bonchev–Trinajstić information content (AvgIpc) is 2.89. The van der Waals surface area contributed by atoms with E-state index in [1.807, 2.05) is 36.1 Å². The average molecular weight is 284 g/mol. The van der Waals surface area contributed by atoms with Gasteiger partial charge >= 0.3 is 0 Å². The van der Waals surface area contributed by atoms with Gasteiger partial charge in [0.15, 0.2) is 0 Å². The van der Waals surface area contributed by atoms with Crippen LogP contribution in [0.5, 0.6) is 5.75 Å². The number of rotatable bonds is 7. The lowest BCUT2D eigenvalue weighted by atomic mass is 10.2. The lowest BCUT2D eigenvalue weighted by Gasteiger charge is -2.14. The maximum Gasteiger partial charge on any atom is 0.119 e. The zero-order valence-corrected chi connectivity index (χ0v) is 12.4. The Labute approximate surface area is 125 Å². The van der Waals surface area contributed by atoms with Crippen molar-refractivity contribution in [1.82, 2.24) is 15.1 Å². The van der Waals surface area contributed by atoms with Gasteiger partial charge in [-0.1, -0.05) is 0 Å². The third-order valence-electron chi connectivity index (χ3n) is 3.07. The van der Waals surface area contributed by atoms with Gasteiger partial charge in [0.1, 0.15) is 12.4 Å². The minimum atomic E-state index is 0.328. The Balaban J connectivity index is 1.65. The second kappa shape index (κ2) is 7.46. The fraction of sp³-hybridized carbons (Fsp3) is 0.375. The molecule has 0 saturated heterocycles. The maximum absolute atomic E-state index is 8.72. The third kappa shape index (κ3) is 4.93. The monoisotopic (exact) mass is 284 g/mol. The van der Waals surface area contributed by atoms with Crippen LogP contribution in [0.2, 0.25) is 0 Å². The largest absolute Gasteiger partial charge is 0.492 e. The Kier molecular flexibility index (Phi) is 5.35. The van der Waals surface area contributed by atoms with Crippen molar-refractivity contribution >= 4 is 0 Å². The van der Waals surface area contributed by atoms with Gasteiger partial charge in [-0.2, -0.15) is 10.4 Å². The van der Waals surface area contributed by atoms with Crippen LogP contribution in [-0.2, 0) is 6.54 Å². The quantitative estimate of drug-likeness (QED) is 0.791. The first-order valence-electron chi connectivity index (χ1n) is 7.03. The molecule has 0 fully saturated rings. The highest BCUT2D eigenvalue weighted by molar-refractivity contribution is 5.34.